The van der Waals surface area contributed by atoms with Crippen molar-refractivity contribution >= 4 is 11.5 Å². The monoisotopic (exact) mass is 270 g/mol. The molecular formula is C16H22N4. The SMILES string of the molecule is C=CC(C)(C)c1cc(NC2CCCC2)n2nccc2n1. The molecule has 0 bridgehead atoms. The van der Waals surface area contributed by atoms with E-state index in [-0.39, 0.29) is 5.41 Å². The molecule has 0 spiro atoms. The standard InChI is InChI=1S/C16H22N4/c1-4-16(2,3)13-11-15(18-12-7-5-6-8-12)20-14(19-13)9-10-17-20/h4,9-12,18H,1,5-8H2,2-3H3. The van der Waals surface area contributed by atoms with E-state index < -0.39 is 0 Å². The Morgan fingerprint density at radius 3 is 2.85 bits per heavy atom. The quantitative estimate of drug-likeness (QED) is 0.864. The van der Waals surface area contributed by atoms with Gasteiger partial charge in [-0.1, -0.05) is 32.8 Å². The molecule has 4 heteroatoms. The zero-order chi connectivity index (χ0) is 14.2. The van der Waals surface area contributed by atoms with Crippen LogP contribution in [0, 0.1) is 0 Å². The van der Waals surface area contributed by atoms with Gasteiger partial charge in [-0.25, -0.2) is 4.98 Å². The first-order chi connectivity index (χ1) is 9.60. The van der Waals surface area contributed by atoms with Crippen molar-refractivity contribution < 1.29 is 0 Å². The molecule has 1 aliphatic carbocycles. The van der Waals surface area contributed by atoms with Crippen molar-refractivity contribution in [3.8, 4) is 0 Å². The number of fused-ring (bicyclic) bond motifs is 1. The van der Waals surface area contributed by atoms with Crippen molar-refractivity contribution in [2.45, 2.75) is 51.0 Å². The van der Waals surface area contributed by atoms with Crippen LogP contribution in [-0.2, 0) is 5.41 Å². The summed E-state index contributed by atoms with van der Waals surface area (Å²) in [6.45, 7) is 8.19. The fraction of sp³-hybridized carbons (Fsp3) is 0.500. The maximum absolute atomic E-state index is 4.70. The second kappa shape index (κ2) is 4.93. The lowest BCUT2D eigenvalue weighted by atomic mass is 9.89. The average molecular weight is 270 g/mol. The zero-order valence-electron chi connectivity index (χ0n) is 12.3. The lowest BCUT2D eigenvalue weighted by molar-refractivity contribution is 0.642. The summed E-state index contributed by atoms with van der Waals surface area (Å²) >= 11 is 0. The number of anilines is 1. The summed E-state index contributed by atoms with van der Waals surface area (Å²) in [4.78, 5) is 4.70. The fourth-order valence-electron chi connectivity index (χ4n) is 2.73. The summed E-state index contributed by atoms with van der Waals surface area (Å²) in [6.07, 6.45) is 8.86. The lowest BCUT2D eigenvalue weighted by Crippen LogP contribution is -2.21. The van der Waals surface area contributed by atoms with Gasteiger partial charge in [0, 0.05) is 23.6 Å². The summed E-state index contributed by atoms with van der Waals surface area (Å²) in [5.41, 5.74) is 1.77. The van der Waals surface area contributed by atoms with E-state index in [1.54, 1.807) is 6.20 Å². The van der Waals surface area contributed by atoms with Crippen LogP contribution in [0.25, 0.3) is 5.65 Å². The van der Waals surface area contributed by atoms with Crippen LogP contribution in [0.2, 0.25) is 0 Å². The summed E-state index contributed by atoms with van der Waals surface area (Å²) in [6, 6.07) is 4.62. The Kier molecular flexibility index (Phi) is 3.24. The Hall–Kier alpha value is -1.84. The van der Waals surface area contributed by atoms with Crippen molar-refractivity contribution in [2.75, 3.05) is 5.32 Å². The minimum absolute atomic E-state index is 0.141. The van der Waals surface area contributed by atoms with E-state index in [1.807, 2.05) is 16.7 Å². The zero-order valence-corrected chi connectivity index (χ0v) is 12.3. The summed E-state index contributed by atoms with van der Waals surface area (Å²) in [7, 11) is 0. The van der Waals surface area contributed by atoms with E-state index in [4.69, 9.17) is 4.98 Å². The number of rotatable bonds is 4. The van der Waals surface area contributed by atoms with E-state index in [9.17, 15) is 0 Å². The van der Waals surface area contributed by atoms with Crippen molar-refractivity contribution in [3.05, 3.63) is 36.7 Å². The van der Waals surface area contributed by atoms with Crippen LogP contribution >= 0.6 is 0 Å². The molecule has 1 N–H and O–H groups in total. The second-order valence-corrected chi connectivity index (χ2v) is 6.18. The van der Waals surface area contributed by atoms with Gasteiger partial charge >= 0.3 is 0 Å². The van der Waals surface area contributed by atoms with Gasteiger partial charge in [0.25, 0.3) is 0 Å². The highest BCUT2D eigenvalue weighted by Crippen LogP contribution is 2.27. The van der Waals surface area contributed by atoms with Gasteiger partial charge in [0.05, 0.1) is 11.9 Å². The first-order valence-corrected chi connectivity index (χ1v) is 7.35. The molecule has 4 nitrogen and oxygen atoms in total. The van der Waals surface area contributed by atoms with Crippen LogP contribution in [-0.4, -0.2) is 20.6 Å². The van der Waals surface area contributed by atoms with E-state index >= 15 is 0 Å². The maximum atomic E-state index is 4.70. The van der Waals surface area contributed by atoms with Crippen molar-refractivity contribution in [3.63, 3.8) is 0 Å². The molecule has 0 amide bonds. The van der Waals surface area contributed by atoms with Crippen LogP contribution in [0.4, 0.5) is 5.82 Å². The van der Waals surface area contributed by atoms with Crippen LogP contribution in [0.5, 0.6) is 0 Å². The minimum atomic E-state index is -0.141. The van der Waals surface area contributed by atoms with Crippen molar-refractivity contribution in [1.29, 1.82) is 0 Å². The first-order valence-electron chi connectivity index (χ1n) is 7.35. The predicted molar refractivity (Wildman–Crippen MR) is 82.1 cm³/mol. The lowest BCUT2D eigenvalue weighted by Gasteiger charge is -2.22. The van der Waals surface area contributed by atoms with Crippen molar-refractivity contribution in [2.24, 2.45) is 0 Å². The number of nitrogens with zero attached hydrogens (tertiary/aromatic N) is 3. The first kappa shape index (κ1) is 13.2. The van der Waals surface area contributed by atoms with Gasteiger partial charge in [0.2, 0.25) is 0 Å². The number of hydrogen-bond donors (Lipinski definition) is 1. The molecule has 3 rings (SSSR count). The fourth-order valence-corrected chi connectivity index (χ4v) is 2.73. The third-order valence-corrected chi connectivity index (χ3v) is 4.24. The van der Waals surface area contributed by atoms with Crippen LogP contribution in [0.15, 0.2) is 31.0 Å². The van der Waals surface area contributed by atoms with Gasteiger partial charge in [-0.2, -0.15) is 9.61 Å². The predicted octanol–water partition coefficient (Wildman–Crippen LogP) is 3.55. The molecule has 2 aromatic rings. The largest absolute Gasteiger partial charge is 0.367 e. The highest BCUT2D eigenvalue weighted by molar-refractivity contribution is 5.51. The van der Waals surface area contributed by atoms with E-state index in [1.165, 1.54) is 25.7 Å². The van der Waals surface area contributed by atoms with Gasteiger partial charge in [-0.3, -0.25) is 0 Å². The molecule has 0 saturated heterocycles. The number of allylic oxidation sites excluding steroid dienone is 1. The number of nitrogens with one attached hydrogen (secondary N) is 1. The molecule has 0 radical (unpaired) electrons. The molecule has 0 atom stereocenters. The molecule has 0 aromatic carbocycles. The van der Waals surface area contributed by atoms with E-state index in [2.05, 4.69) is 36.9 Å². The van der Waals surface area contributed by atoms with Crippen LogP contribution in [0.1, 0.15) is 45.2 Å². The van der Waals surface area contributed by atoms with E-state index in [0.717, 1.165) is 17.2 Å². The molecule has 1 fully saturated rings. The second-order valence-electron chi connectivity index (χ2n) is 6.18. The Bertz CT molecular complexity index is 620. The normalized spacial score (nSPS) is 16.7. The average Bonchev–Trinajstić information content (AvgIpc) is 3.09. The topological polar surface area (TPSA) is 42.2 Å². The molecule has 0 aliphatic heterocycles. The van der Waals surface area contributed by atoms with Crippen LogP contribution < -0.4 is 5.32 Å². The van der Waals surface area contributed by atoms with Gasteiger partial charge in [-0.05, 0) is 12.8 Å². The molecule has 2 aromatic heterocycles. The maximum Gasteiger partial charge on any atom is 0.157 e. The number of hydrogen-bond acceptors (Lipinski definition) is 3. The van der Waals surface area contributed by atoms with Gasteiger partial charge < -0.3 is 5.32 Å². The van der Waals surface area contributed by atoms with Gasteiger partial charge in [0.1, 0.15) is 5.82 Å². The summed E-state index contributed by atoms with van der Waals surface area (Å²) in [5, 5.41) is 8.01. The highest BCUT2D eigenvalue weighted by atomic mass is 15.3. The molecule has 20 heavy (non-hydrogen) atoms. The Morgan fingerprint density at radius 2 is 2.15 bits per heavy atom. The molecule has 106 valence electrons. The van der Waals surface area contributed by atoms with Crippen molar-refractivity contribution in [1.82, 2.24) is 14.6 Å². The highest BCUT2D eigenvalue weighted by Gasteiger charge is 2.22. The molecule has 0 unspecified atom stereocenters. The number of aromatic nitrogens is 3. The molecule has 2 heterocycles. The Labute approximate surface area is 119 Å². The minimum Gasteiger partial charge on any atom is -0.367 e. The van der Waals surface area contributed by atoms with Gasteiger partial charge in [-0.15, -0.1) is 6.58 Å². The Morgan fingerprint density at radius 1 is 1.40 bits per heavy atom. The Balaban J connectivity index is 2.04. The van der Waals surface area contributed by atoms with Gasteiger partial charge in [0.15, 0.2) is 5.65 Å². The molecular weight excluding hydrogens is 248 g/mol. The third kappa shape index (κ3) is 2.30. The molecule has 1 saturated carbocycles. The summed E-state index contributed by atoms with van der Waals surface area (Å²) in [5.74, 6) is 1.04. The smallest absolute Gasteiger partial charge is 0.157 e. The van der Waals surface area contributed by atoms with E-state index in [0.29, 0.717) is 6.04 Å². The third-order valence-electron chi connectivity index (χ3n) is 4.24. The summed E-state index contributed by atoms with van der Waals surface area (Å²) < 4.78 is 1.89. The van der Waals surface area contributed by atoms with Crippen LogP contribution in [0.3, 0.4) is 0 Å². The molecule has 1 aliphatic rings.